The number of sulfonamides is 1. The Morgan fingerprint density at radius 3 is 2.19 bits per heavy atom. The summed E-state index contributed by atoms with van der Waals surface area (Å²) in [7, 11) is -0.246. The molecular formula is C20H26N2O4S. The zero-order valence-corrected chi connectivity index (χ0v) is 17.0. The predicted molar refractivity (Wildman–Crippen MR) is 106 cm³/mol. The maximum Gasteiger partial charge on any atom is 0.243 e. The molecular weight excluding hydrogens is 364 g/mol. The second-order valence-electron chi connectivity index (χ2n) is 6.70. The minimum Gasteiger partial charge on any atom is -0.497 e. The molecule has 7 heteroatoms. The molecule has 1 saturated heterocycles. The van der Waals surface area contributed by atoms with E-state index in [0.717, 1.165) is 28.3 Å². The molecule has 27 heavy (non-hydrogen) atoms. The van der Waals surface area contributed by atoms with E-state index in [-0.39, 0.29) is 0 Å². The van der Waals surface area contributed by atoms with Crippen LogP contribution in [0.2, 0.25) is 0 Å². The lowest BCUT2D eigenvalue weighted by molar-refractivity contribution is 0.375. The summed E-state index contributed by atoms with van der Waals surface area (Å²) in [5, 5.41) is 0. The quantitative estimate of drug-likeness (QED) is 0.786. The number of methoxy groups -OCH3 is 2. The zero-order chi connectivity index (χ0) is 19.6. The van der Waals surface area contributed by atoms with Crippen molar-refractivity contribution in [2.45, 2.75) is 18.7 Å². The van der Waals surface area contributed by atoms with E-state index in [4.69, 9.17) is 9.47 Å². The molecule has 0 saturated carbocycles. The highest BCUT2D eigenvalue weighted by Gasteiger charge is 2.30. The maximum absolute atomic E-state index is 13.0. The lowest BCUT2D eigenvalue weighted by Crippen LogP contribution is -2.48. The van der Waals surface area contributed by atoms with Crippen molar-refractivity contribution < 1.29 is 17.9 Å². The van der Waals surface area contributed by atoms with E-state index in [9.17, 15) is 8.42 Å². The molecule has 0 N–H and O–H groups in total. The van der Waals surface area contributed by atoms with Gasteiger partial charge in [0.15, 0.2) is 0 Å². The van der Waals surface area contributed by atoms with E-state index in [0.29, 0.717) is 31.1 Å². The molecule has 1 heterocycles. The summed E-state index contributed by atoms with van der Waals surface area (Å²) in [6, 6.07) is 11.1. The Bertz CT molecular complexity index is 920. The normalized spacial score (nSPS) is 15.6. The van der Waals surface area contributed by atoms with Crippen LogP contribution >= 0.6 is 0 Å². The SMILES string of the molecule is COc1ccc(N2CCN(S(=O)(=O)c3ccc(C)cc3C)CC2)c(OC)c1. The first-order valence-corrected chi connectivity index (χ1v) is 10.3. The van der Waals surface area contributed by atoms with Crippen molar-refractivity contribution in [3.05, 3.63) is 47.5 Å². The van der Waals surface area contributed by atoms with Crippen LogP contribution in [0, 0.1) is 13.8 Å². The van der Waals surface area contributed by atoms with Crippen LogP contribution in [0.5, 0.6) is 11.5 Å². The van der Waals surface area contributed by atoms with Crippen LogP contribution in [0.15, 0.2) is 41.3 Å². The molecule has 6 nitrogen and oxygen atoms in total. The number of hydrogen-bond acceptors (Lipinski definition) is 5. The highest BCUT2D eigenvalue weighted by atomic mass is 32.2. The number of anilines is 1. The monoisotopic (exact) mass is 390 g/mol. The standard InChI is InChI=1S/C20H26N2O4S/c1-15-5-8-20(16(2)13-15)27(23,24)22-11-9-21(10-12-22)18-7-6-17(25-3)14-19(18)26-4/h5-8,13-14H,9-12H2,1-4H3. The van der Waals surface area contributed by atoms with Crippen LogP contribution in [0.4, 0.5) is 5.69 Å². The van der Waals surface area contributed by atoms with Crippen LogP contribution in [0.3, 0.4) is 0 Å². The van der Waals surface area contributed by atoms with Crippen LogP contribution in [-0.4, -0.2) is 53.1 Å². The number of ether oxygens (including phenoxy) is 2. The molecule has 3 rings (SSSR count). The Balaban J connectivity index is 1.77. The predicted octanol–water partition coefficient (Wildman–Crippen LogP) is 2.83. The average molecular weight is 391 g/mol. The Morgan fingerprint density at radius 1 is 0.889 bits per heavy atom. The Labute approximate surface area is 161 Å². The maximum atomic E-state index is 13.0. The largest absolute Gasteiger partial charge is 0.497 e. The van der Waals surface area contributed by atoms with E-state index in [1.54, 1.807) is 24.6 Å². The average Bonchev–Trinajstić information content (AvgIpc) is 2.67. The number of piperazine rings is 1. The fourth-order valence-corrected chi connectivity index (χ4v) is 5.07. The van der Waals surface area contributed by atoms with Crippen LogP contribution < -0.4 is 14.4 Å². The van der Waals surface area contributed by atoms with Gasteiger partial charge in [-0.2, -0.15) is 4.31 Å². The Kier molecular flexibility index (Phi) is 5.62. The fraction of sp³-hybridized carbons (Fsp3) is 0.400. The minimum absolute atomic E-state index is 0.392. The van der Waals surface area contributed by atoms with Crippen molar-refractivity contribution in [1.82, 2.24) is 4.31 Å². The third-order valence-electron chi connectivity index (χ3n) is 4.91. The molecule has 0 atom stereocenters. The number of hydrogen-bond donors (Lipinski definition) is 0. The van der Waals surface area contributed by atoms with Gasteiger partial charge in [0.1, 0.15) is 11.5 Å². The molecule has 0 amide bonds. The van der Waals surface area contributed by atoms with Crippen LogP contribution in [0.1, 0.15) is 11.1 Å². The first kappa shape index (κ1) is 19.5. The molecule has 1 aliphatic heterocycles. The topological polar surface area (TPSA) is 59.1 Å². The molecule has 0 unspecified atom stereocenters. The van der Waals surface area contributed by atoms with Crippen molar-refractivity contribution in [3.8, 4) is 11.5 Å². The van der Waals surface area contributed by atoms with E-state index in [1.165, 1.54) is 0 Å². The van der Waals surface area contributed by atoms with Gasteiger partial charge in [-0.15, -0.1) is 0 Å². The first-order valence-electron chi connectivity index (χ1n) is 8.91. The van der Waals surface area contributed by atoms with Gasteiger partial charge in [-0.25, -0.2) is 8.42 Å². The highest BCUT2D eigenvalue weighted by Crippen LogP contribution is 2.33. The van der Waals surface area contributed by atoms with E-state index >= 15 is 0 Å². The van der Waals surface area contributed by atoms with Crippen molar-refractivity contribution in [2.24, 2.45) is 0 Å². The highest BCUT2D eigenvalue weighted by molar-refractivity contribution is 7.89. The lowest BCUT2D eigenvalue weighted by Gasteiger charge is -2.36. The first-order chi connectivity index (χ1) is 12.9. The van der Waals surface area contributed by atoms with Crippen molar-refractivity contribution >= 4 is 15.7 Å². The molecule has 0 spiro atoms. The third kappa shape index (κ3) is 3.89. The van der Waals surface area contributed by atoms with Gasteiger partial charge in [-0.05, 0) is 37.6 Å². The summed E-state index contributed by atoms with van der Waals surface area (Å²) in [5.74, 6) is 1.45. The van der Waals surface area contributed by atoms with Gasteiger partial charge < -0.3 is 14.4 Å². The third-order valence-corrected chi connectivity index (χ3v) is 6.97. The lowest BCUT2D eigenvalue weighted by atomic mass is 10.2. The Morgan fingerprint density at radius 2 is 1.59 bits per heavy atom. The van der Waals surface area contributed by atoms with Gasteiger partial charge in [0, 0.05) is 32.2 Å². The summed E-state index contributed by atoms with van der Waals surface area (Å²) in [6.07, 6.45) is 0. The summed E-state index contributed by atoms with van der Waals surface area (Å²) in [5.41, 5.74) is 2.79. The summed E-state index contributed by atoms with van der Waals surface area (Å²) < 4.78 is 38.4. The van der Waals surface area contributed by atoms with E-state index in [1.807, 2.05) is 44.2 Å². The minimum atomic E-state index is -3.49. The van der Waals surface area contributed by atoms with Gasteiger partial charge in [0.05, 0.1) is 24.8 Å². The van der Waals surface area contributed by atoms with E-state index < -0.39 is 10.0 Å². The number of nitrogens with zero attached hydrogens (tertiary/aromatic N) is 2. The van der Waals surface area contributed by atoms with Gasteiger partial charge in [-0.1, -0.05) is 17.7 Å². The fourth-order valence-electron chi connectivity index (χ4n) is 3.44. The number of aryl methyl sites for hydroxylation is 2. The van der Waals surface area contributed by atoms with Gasteiger partial charge >= 0.3 is 0 Å². The van der Waals surface area contributed by atoms with Crippen molar-refractivity contribution in [1.29, 1.82) is 0 Å². The molecule has 0 bridgehead atoms. The second-order valence-corrected chi connectivity index (χ2v) is 8.60. The molecule has 0 radical (unpaired) electrons. The molecule has 146 valence electrons. The zero-order valence-electron chi connectivity index (χ0n) is 16.2. The molecule has 1 aliphatic rings. The van der Waals surface area contributed by atoms with Gasteiger partial charge in [-0.3, -0.25) is 0 Å². The summed E-state index contributed by atoms with van der Waals surface area (Å²) in [6.45, 7) is 5.89. The number of benzene rings is 2. The van der Waals surface area contributed by atoms with E-state index in [2.05, 4.69) is 4.90 Å². The van der Waals surface area contributed by atoms with Crippen molar-refractivity contribution in [2.75, 3.05) is 45.3 Å². The molecule has 2 aromatic rings. The van der Waals surface area contributed by atoms with Crippen molar-refractivity contribution in [3.63, 3.8) is 0 Å². The smallest absolute Gasteiger partial charge is 0.243 e. The summed E-state index contributed by atoms with van der Waals surface area (Å²) in [4.78, 5) is 2.54. The second kappa shape index (κ2) is 7.78. The van der Waals surface area contributed by atoms with Crippen LogP contribution in [-0.2, 0) is 10.0 Å². The summed E-state index contributed by atoms with van der Waals surface area (Å²) >= 11 is 0. The van der Waals surface area contributed by atoms with Crippen LogP contribution in [0.25, 0.3) is 0 Å². The molecule has 1 fully saturated rings. The van der Waals surface area contributed by atoms with Gasteiger partial charge in [0.2, 0.25) is 10.0 Å². The Hall–Kier alpha value is -2.25. The molecule has 2 aromatic carbocycles. The molecule has 0 aliphatic carbocycles. The number of rotatable bonds is 5. The molecule has 0 aromatic heterocycles. The van der Waals surface area contributed by atoms with Gasteiger partial charge in [0.25, 0.3) is 0 Å².